The summed E-state index contributed by atoms with van der Waals surface area (Å²) in [7, 11) is -3.66. The van der Waals surface area contributed by atoms with Crippen LogP contribution in [0, 0.1) is 5.82 Å². The van der Waals surface area contributed by atoms with Gasteiger partial charge in [-0.1, -0.05) is 6.92 Å². The van der Waals surface area contributed by atoms with Crippen LogP contribution in [-0.2, 0) is 10.0 Å². The van der Waals surface area contributed by atoms with Crippen LogP contribution in [0.4, 0.5) is 4.39 Å². The van der Waals surface area contributed by atoms with Crippen molar-refractivity contribution >= 4 is 10.0 Å². The second kappa shape index (κ2) is 4.59. The summed E-state index contributed by atoms with van der Waals surface area (Å²) in [5.41, 5.74) is 0. The Balaban J connectivity index is 3.00. The lowest BCUT2D eigenvalue weighted by Crippen LogP contribution is -2.24. The van der Waals surface area contributed by atoms with E-state index in [4.69, 9.17) is 5.11 Å². The second-order valence-corrected chi connectivity index (χ2v) is 4.78. The van der Waals surface area contributed by atoms with E-state index in [0.717, 1.165) is 18.2 Å². The van der Waals surface area contributed by atoms with Gasteiger partial charge in [0.05, 0.1) is 4.90 Å². The number of phenolic OH excluding ortho intramolecular Hbond substituents is 1. The molecule has 0 unspecified atom stereocenters. The SMILES string of the molecule is CCCNS(=O)(=O)c1ccc(O)c(F)c1. The molecule has 0 saturated carbocycles. The zero-order chi connectivity index (χ0) is 11.5. The lowest BCUT2D eigenvalue weighted by atomic mass is 10.3. The summed E-state index contributed by atoms with van der Waals surface area (Å²) in [6.07, 6.45) is 0.653. The van der Waals surface area contributed by atoms with Gasteiger partial charge in [0.25, 0.3) is 0 Å². The van der Waals surface area contributed by atoms with Gasteiger partial charge in [-0.3, -0.25) is 0 Å². The molecule has 1 aromatic rings. The van der Waals surface area contributed by atoms with Crippen molar-refractivity contribution in [2.45, 2.75) is 18.2 Å². The smallest absolute Gasteiger partial charge is 0.240 e. The summed E-state index contributed by atoms with van der Waals surface area (Å²) in [5.74, 6) is -1.51. The molecular formula is C9H12FNO3S. The molecule has 6 heteroatoms. The van der Waals surface area contributed by atoms with E-state index in [0.29, 0.717) is 13.0 Å². The van der Waals surface area contributed by atoms with Crippen molar-refractivity contribution in [3.63, 3.8) is 0 Å². The van der Waals surface area contributed by atoms with Crippen LogP contribution in [0.3, 0.4) is 0 Å². The minimum absolute atomic E-state index is 0.189. The molecule has 0 radical (unpaired) electrons. The lowest BCUT2D eigenvalue weighted by molar-refractivity contribution is 0.431. The maximum Gasteiger partial charge on any atom is 0.240 e. The Labute approximate surface area is 87.8 Å². The minimum atomic E-state index is -3.66. The fraction of sp³-hybridized carbons (Fsp3) is 0.333. The number of hydrogen-bond acceptors (Lipinski definition) is 3. The largest absolute Gasteiger partial charge is 0.505 e. The number of hydrogen-bond donors (Lipinski definition) is 2. The van der Waals surface area contributed by atoms with Gasteiger partial charge in [0.2, 0.25) is 10.0 Å². The summed E-state index contributed by atoms with van der Waals surface area (Å²) in [6.45, 7) is 2.12. The van der Waals surface area contributed by atoms with Crippen LogP contribution in [-0.4, -0.2) is 20.1 Å². The summed E-state index contributed by atoms with van der Waals surface area (Å²) in [6, 6.07) is 2.94. The van der Waals surface area contributed by atoms with E-state index >= 15 is 0 Å². The van der Waals surface area contributed by atoms with E-state index in [1.807, 2.05) is 6.92 Å². The van der Waals surface area contributed by atoms with Crippen molar-refractivity contribution in [1.29, 1.82) is 0 Å². The Morgan fingerprint density at radius 2 is 2.13 bits per heavy atom. The van der Waals surface area contributed by atoms with Crippen LogP contribution in [0.5, 0.6) is 5.75 Å². The molecule has 2 N–H and O–H groups in total. The van der Waals surface area contributed by atoms with Crippen molar-refractivity contribution in [2.24, 2.45) is 0 Å². The van der Waals surface area contributed by atoms with Crippen molar-refractivity contribution in [2.75, 3.05) is 6.54 Å². The van der Waals surface area contributed by atoms with Crippen LogP contribution in [0.25, 0.3) is 0 Å². The van der Waals surface area contributed by atoms with Gasteiger partial charge < -0.3 is 5.11 Å². The first-order valence-electron chi connectivity index (χ1n) is 4.45. The van der Waals surface area contributed by atoms with Gasteiger partial charge in [-0.2, -0.15) is 0 Å². The number of benzene rings is 1. The predicted octanol–water partition coefficient (Wildman–Crippen LogP) is 1.22. The molecule has 0 amide bonds. The summed E-state index contributed by atoms with van der Waals surface area (Å²) < 4.78 is 38.2. The Hall–Kier alpha value is -1.14. The highest BCUT2D eigenvalue weighted by Gasteiger charge is 2.14. The molecular weight excluding hydrogens is 221 g/mol. The van der Waals surface area contributed by atoms with E-state index in [-0.39, 0.29) is 4.90 Å². The number of nitrogens with one attached hydrogen (secondary N) is 1. The fourth-order valence-electron chi connectivity index (χ4n) is 0.975. The van der Waals surface area contributed by atoms with Gasteiger partial charge in [-0.25, -0.2) is 17.5 Å². The van der Waals surface area contributed by atoms with E-state index in [1.54, 1.807) is 0 Å². The third-order valence-electron chi connectivity index (χ3n) is 1.77. The second-order valence-electron chi connectivity index (χ2n) is 3.01. The van der Waals surface area contributed by atoms with Crippen molar-refractivity contribution in [1.82, 2.24) is 4.72 Å². The zero-order valence-corrected chi connectivity index (χ0v) is 9.01. The molecule has 1 rings (SSSR count). The molecule has 0 bridgehead atoms. The fourth-order valence-corrected chi connectivity index (χ4v) is 2.12. The normalized spacial score (nSPS) is 11.6. The molecule has 0 aliphatic rings. The van der Waals surface area contributed by atoms with Gasteiger partial charge in [-0.05, 0) is 24.6 Å². The quantitative estimate of drug-likeness (QED) is 0.821. The summed E-state index contributed by atoms with van der Waals surface area (Å²) in [5, 5.41) is 8.90. The van der Waals surface area contributed by atoms with Crippen LogP contribution < -0.4 is 4.72 Å². The third kappa shape index (κ3) is 2.90. The molecule has 0 spiro atoms. The number of rotatable bonds is 4. The van der Waals surface area contributed by atoms with Gasteiger partial charge in [0.15, 0.2) is 11.6 Å². The van der Waals surface area contributed by atoms with E-state index in [1.165, 1.54) is 0 Å². The Morgan fingerprint density at radius 1 is 1.47 bits per heavy atom. The molecule has 0 aromatic heterocycles. The van der Waals surface area contributed by atoms with E-state index in [2.05, 4.69) is 4.72 Å². The lowest BCUT2D eigenvalue weighted by Gasteiger charge is -2.05. The highest BCUT2D eigenvalue weighted by molar-refractivity contribution is 7.89. The molecule has 0 fully saturated rings. The highest BCUT2D eigenvalue weighted by atomic mass is 32.2. The van der Waals surface area contributed by atoms with Gasteiger partial charge in [0.1, 0.15) is 0 Å². The number of sulfonamides is 1. The Morgan fingerprint density at radius 3 is 2.67 bits per heavy atom. The zero-order valence-electron chi connectivity index (χ0n) is 8.20. The van der Waals surface area contributed by atoms with Crippen LogP contribution in [0.1, 0.15) is 13.3 Å². The van der Waals surface area contributed by atoms with Crippen LogP contribution in [0.15, 0.2) is 23.1 Å². The maximum absolute atomic E-state index is 12.9. The van der Waals surface area contributed by atoms with Crippen molar-refractivity contribution in [3.05, 3.63) is 24.0 Å². The topological polar surface area (TPSA) is 66.4 Å². The maximum atomic E-state index is 12.9. The highest BCUT2D eigenvalue weighted by Crippen LogP contribution is 2.19. The van der Waals surface area contributed by atoms with E-state index in [9.17, 15) is 12.8 Å². The Bertz CT molecular complexity index is 445. The molecule has 0 atom stereocenters. The van der Waals surface area contributed by atoms with E-state index < -0.39 is 21.6 Å². The molecule has 0 aliphatic carbocycles. The summed E-state index contributed by atoms with van der Waals surface area (Å²) >= 11 is 0. The number of phenols is 1. The molecule has 84 valence electrons. The van der Waals surface area contributed by atoms with Gasteiger partial charge in [0, 0.05) is 6.54 Å². The molecule has 0 heterocycles. The number of aromatic hydroxyl groups is 1. The molecule has 1 aromatic carbocycles. The van der Waals surface area contributed by atoms with Crippen LogP contribution >= 0.6 is 0 Å². The van der Waals surface area contributed by atoms with Gasteiger partial charge in [-0.15, -0.1) is 0 Å². The number of halogens is 1. The molecule has 4 nitrogen and oxygen atoms in total. The van der Waals surface area contributed by atoms with Crippen molar-refractivity contribution < 1.29 is 17.9 Å². The average Bonchev–Trinajstić information content (AvgIpc) is 2.19. The average molecular weight is 233 g/mol. The van der Waals surface area contributed by atoms with Crippen LogP contribution in [0.2, 0.25) is 0 Å². The van der Waals surface area contributed by atoms with Gasteiger partial charge >= 0.3 is 0 Å². The Kier molecular flexibility index (Phi) is 3.65. The predicted molar refractivity (Wildman–Crippen MR) is 53.5 cm³/mol. The first-order chi connectivity index (χ1) is 6.97. The standard InChI is InChI=1S/C9H12FNO3S/c1-2-5-11-15(13,14)7-3-4-9(12)8(10)6-7/h3-4,6,11-12H,2,5H2,1H3. The molecule has 0 saturated heterocycles. The summed E-state index contributed by atoms with van der Waals surface area (Å²) in [4.78, 5) is -0.189. The first-order valence-corrected chi connectivity index (χ1v) is 5.94. The molecule has 0 aliphatic heterocycles. The van der Waals surface area contributed by atoms with Crippen molar-refractivity contribution in [3.8, 4) is 5.75 Å². The first kappa shape index (κ1) is 11.9. The monoisotopic (exact) mass is 233 g/mol. The molecule has 15 heavy (non-hydrogen) atoms. The third-order valence-corrected chi connectivity index (χ3v) is 3.23. The minimum Gasteiger partial charge on any atom is -0.505 e.